The van der Waals surface area contributed by atoms with Crippen LogP contribution >= 0.6 is 11.3 Å². The molecular weight excluding hydrogens is 462 g/mol. The first-order valence-electron chi connectivity index (χ1n) is 10.2. The molecule has 0 spiro atoms. The third-order valence-corrected chi connectivity index (χ3v) is 6.99. The van der Waals surface area contributed by atoms with Crippen molar-refractivity contribution in [2.75, 3.05) is 37.2 Å². The number of rotatable bonds is 9. The van der Waals surface area contributed by atoms with E-state index >= 15 is 0 Å². The van der Waals surface area contributed by atoms with Crippen molar-refractivity contribution in [2.45, 2.75) is 24.8 Å². The molecule has 1 amide bonds. The van der Waals surface area contributed by atoms with Crippen LogP contribution in [0.25, 0.3) is 10.4 Å². The number of thiophene rings is 1. The van der Waals surface area contributed by atoms with Gasteiger partial charge in [0.05, 0.1) is 28.5 Å². The van der Waals surface area contributed by atoms with E-state index in [1.165, 1.54) is 6.26 Å². The molecule has 3 rings (SSSR count). The highest BCUT2D eigenvalue weighted by molar-refractivity contribution is 7.93. The Morgan fingerprint density at radius 1 is 1.27 bits per heavy atom. The van der Waals surface area contributed by atoms with Crippen molar-refractivity contribution in [3.8, 4) is 10.4 Å². The number of benzene rings is 1. The van der Waals surface area contributed by atoms with Gasteiger partial charge in [-0.3, -0.25) is 0 Å². The largest absolute Gasteiger partial charge is 0.448 e. The van der Waals surface area contributed by atoms with Crippen LogP contribution in [0.4, 0.5) is 22.2 Å². The predicted molar refractivity (Wildman–Crippen MR) is 132 cm³/mol. The zero-order valence-corrected chi connectivity index (χ0v) is 20.5. The van der Waals surface area contributed by atoms with Gasteiger partial charge < -0.3 is 20.1 Å². The molecule has 0 radical (unpaired) electrons. The van der Waals surface area contributed by atoms with Gasteiger partial charge in [0, 0.05) is 41.1 Å². The van der Waals surface area contributed by atoms with Crippen LogP contribution in [0.3, 0.4) is 0 Å². The molecule has 0 aliphatic rings. The second kappa shape index (κ2) is 11.2. The summed E-state index contributed by atoms with van der Waals surface area (Å²) >= 11 is 1.61. The quantitative estimate of drug-likeness (QED) is 0.431. The zero-order chi connectivity index (χ0) is 23.8. The summed E-state index contributed by atoms with van der Waals surface area (Å²) in [5.74, 6) is 1.10. The molecule has 2 atom stereocenters. The Labute approximate surface area is 197 Å². The molecule has 33 heavy (non-hydrogen) atoms. The first kappa shape index (κ1) is 24.6. The first-order valence-corrected chi connectivity index (χ1v) is 13.0. The van der Waals surface area contributed by atoms with Gasteiger partial charge in [-0.2, -0.15) is 4.98 Å². The fourth-order valence-electron chi connectivity index (χ4n) is 2.95. The number of carbonyl (C=O) groups excluding carboxylic acids is 1. The fourth-order valence-corrected chi connectivity index (χ4v) is 4.77. The normalized spacial score (nSPS) is 13.6. The highest BCUT2D eigenvalue weighted by Gasteiger charge is 2.14. The summed E-state index contributed by atoms with van der Waals surface area (Å²) in [7, 11) is -1.25. The molecule has 3 aromatic rings. The number of hydrogen-bond acceptors (Lipinski definition) is 9. The molecule has 176 valence electrons. The average Bonchev–Trinajstić information content (AvgIpc) is 3.29. The van der Waals surface area contributed by atoms with E-state index in [9.17, 15) is 9.00 Å². The number of amides is 1. The number of methoxy groups -OCH3 is 1. The first-order chi connectivity index (χ1) is 15.8. The highest BCUT2D eigenvalue weighted by Crippen LogP contribution is 2.31. The summed E-state index contributed by atoms with van der Waals surface area (Å²) in [6.45, 7) is 4.39. The summed E-state index contributed by atoms with van der Waals surface area (Å²) in [6, 6.07) is 10.8. The van der Waals surface area contributed by atoms with Crippen molar-refractivity contribution in [1.82, 2.24) is 9.97 Å². The number of ether oxygens (including phenoxy) is 2. The van der Waals surface area contributed by atoms with E-state index in [4.69, 9.17) is 9.47 Å². The number of nitrogens with zero attached hydrogens (tertiary/aromatic N) is 3. The minimum atomic E-state index is -2.91. The monoisotopic (exact) mass is 489 g/mol. The van der Waals surface area contributed by atoms with Gasteiger partial charge in [0.15, 0.2) is 0 Å². The summed E-state index contributed by atoms with van der Waals surface area (Å²) < 4.78 is 26.4. The van der Waals surface area contributed by atoms with E-state index < -0.39 is 15.8 Å². The Bertz CT molecular complexity index is 1190. The topological polar surface area (TPSA) is 115 Å². The van der Waals surface area contributed by atoms with E-state index in [0.717, 1.165) is 10.4 Å². The Balaban J connectivity index is 1.83. The van der Waals surface area contributed by atoms with Crippen molar-refractivity contribution in [3.05, 3.63) is 48.0 Å². The third-order valence-electron chi connectivity index (χ3n) is 4.44. The van der Waals surface area contributed by atoms with Crippen LogP contribution in [0, 0.1) is 0 Å². The second-order valence-electron chi connectivity index (χ2n) is 7.18. The van der Waals surface area contributed by atoms with E-state index in [0.29, 0.717) is 29.0 Å². The number of hydrogen-bond donors (Lipinski definition) is 2. The van der Waals surface area contributed by atoms with E-state index in [1.54, 1.807) is 55.8 Å². The maximum absolute atomic E-state index is 12.8. The molecule has 2 unspecified atom stereocenters. The van der Waals surface area contributed by atoms with Gasteiger partial charge in [0.2, 0.25) is 5.95 Å². The van der Waals surface area contributed by atoms with Crippen LogP contribution in [-0.2, 0) is 19.2 Å². The molecule has 2 heterocycles. The summed E-state index contributed by atoms with van der Waals surface area (Å²) in [6.07, 6.45) is 2.33. The molecule has 0 saturated heterocycles. The molecule has 0 saturated carbocycles. The van der Waals surface area contributed by atoms with Gasteiger partial charge in [0.1, 0.15) is 5.82 Å². The molecule has 1 aromatic carbocycles. The molecule has 11 heteroatoms. The van der Waals surface area contributed by atoms with Crippen molar-refractivity contribution < 1.29 is 18.5 Å². The summed E-state index contributed by atoms with van der Waals surface area (Å²) in [5, 5.41) is 8.54. The molecular formula is C22H27N5O4S2. The Hall–Kier alpha value is -3.02. The smallest absolute Gasteiger partial charge is 0.442 e. The maximum Gasteiger partial charge on any atom is 0.442 e. The molecule has 0 aliphatic carbocycles. The summed E-state index contributed by atoms with van der Waals surface area (Å²) in [4.78, 5) is 22.2. The summed E-state index contributed by atoms with van der Waals surface area (Å²) in [5.41, 5.74) is 1.60. The van der Waals surface area contributed by atoms with Gasteiger partial charge in [0.25, 0.3) is 0 Å². The van der Waals surface area contributed by atoms with Crippen LogP contribution in [0.5, 0.6) is 0 Å². The Morgan fingerprint density at radius 3 is 2.67 bits per heavy atom. The lowest BCUT2D eigenvalue weighted by molar-refractivity contribution is 0.164. The number of anilines is 3. The number of nitrogens with one attached hydrogen (secondary N) is 2. The van der Waals surface area contributed by atoms with Crippen LogP contribution < -0.4 is 10.6 Å². The minimum Gasteiger partial charge on any atom is -0.448 e. The van der Waals surface area contributed by atoms with Crippen molar-refractivity contribution in [3.63, 3.8) is 0 Å². The lowest BCUT2D eigenvalue weighted by Gasteiger charge is -2.17. The molecule has 0 fully saturated rings. The van der Waals surface area contributed by atoms with Gasteiger partial charge in [-0.15, -0.1) is 15.7 Å². The SMILES string of the molecule is CCOC(=O)N=S(C)(=O)c1ccc(Nc2ncc(-c3cccs3)c(NC(C)COC)n2)cc1. The lowest BCUT2D eigenvalue weighted by Crippen LogP contribution is -2.22. The predicted octanol–water partition coefficient (Wildman–Crippen LogP) is 5.01. The Morgan fingerprint density at radius 2 is 2.03 bits per heavy atom. The van der Waals surface area contributed by atoms with E-state index in [1.807, 2.05) is 24.4 Å². The van der Waals surface area contributed by atoms with Gasteiger partial charge in [-0.1, -0.05) is 6.07 Å². The minimum absolute atomic E-state index is 0.0524. The number of aromatic nitrogens is 2. The van der Waals surface area contributed by atoms with Gasteiger partial charge in [-0.05, 0) is 49.6 Å². The molecule has 9 nitrogen and oxygen atoms in total. The van der Waals surface area contributed by atoms with Gasteiger partial charge >= 0.3 is 6.09 Å². The van der Waals surface area contributed by atoms with Gasteiger partial charge in [-0.25, -0.2) is 14.0 Å². The molecule has 0 aliphatic heterocycles. The molecule has 0 bridgehead atoms. The van der Waals surface area contributed by atoms with Crippen LogP contribution in [0.2, 0.25) is 0 Å². The number of carbonyl (C=O) groups is 1. The van der Waals surface area contributed by atoms with Crippen molar-refractivity contribution in [1.29, 1.82) is 0 Å². The molecule has 2 N–H and O–H groups in total. The van der Waals surface area contributed by atoms with Crippen molar-refractivity contribution >= 4 is 44.6 Å². The fraction of sp³-hybridized carbons (Fsp3) is 0.318. The van der Waals surface area contributed by atoms with Crippen molar-refractivity contribution in [2.24, 2.45) is 4.36 Å². The molecule has 2 aromatic heterocycles. The van der Waals surface area contributed by atoms with E-state index in [-0.39, 0.29) is 12.6 Å². The maximum atomic E-state index is 12.8. The lowest BCUT2D eigenvalue weighted by atomic mass is 10.2. The second-order valence-corrected chi connectivity index (χ2v) is 10.4. The average molecular weight is 490 g/mol. The standard InChI is InChI=1S/C22H27N5O4S2/c1-5-31-22(28)27-33(4,29)17-10-8-16(9-11-17)25-21-23-13-18(19-7-6-12-32-19)20(26-21)24-15(2)14-30-3/h6-13,15H,5,14H2,1-4H3,(H2,23,24,25,26). The van der Waals surface area contributed by atoms with E-state index in [2.05, 4.69) is 25.0 Å². The highest BCUT2D eigenvalue weighted by atomic mass is 32.2. The van der Waals surface area contributed by atoms with Crippen LogP contribution in [0.15, 0.2) is 57.2 Å². The zero-order valence-electron chi connectivity index (χ0n) is 18.9. The Kier molecular flexibility index (Phi) is 8.37. The third kappa shape index (κ3) is 6.73. The van der Waals surface area contributed by atoms with Crippen LogP contribution in [0.1, 0.15) is 13.8 Å². The van der Waals surface area contributed by atoms with Crippen LogP contribution in [-0.4, -0.2) is 52.9 Å².